The second-order valence-electron chi connectivity index (χ2n) is 6.16. The van der Waals surface area contributed by atoms with E-state index in [-0.39, 0.29) is 29.0 Å². The Balaban J connectivity index is 1.64. The van der Waals surface area contributed by atoms with E-state index in [1.807, 2.05) is 18.2 Å². The van der Waals surface area contributed by atoms with Gasteiger partial charge in [0, 0.05) is 11.9 Å². The van der Waals surface area contributed by atoms with Crippen LogP contribution in [-0.4, -0.2) is 16.6 Å². The first-order valence-corrected chi connectivity index (χ1v) is 9.82. The number of anilines is 1. The van der Waals surface area contributed by atoms with Gasteiger partial charge in [-0.2, -0.15) is 14.0 Å². The molecule has 0 unspecified atom stereocenters. The molecule has 3 rings (SSSR count). The second-order valence-corrected chi connectivity index (χ2v) is 7.14. The van der Waals surface area contributed by atoms with E-state index in [0.29, 0.717) is 17.9 Å². The minimum absolute atomic E-state index is 0.0238. The molecular formula is C22H17F2N3O2S. The van der Waals surface area contributed by atoms with Crippen molar-refractivity contribution < 1.29 is 18.3 Å². The van der Waals surface area contributed by atoms with Crippen molar-refractivity contribution in [1.29, 1.82) is 5.26 Å². The number of alkyl halides is 2. The summed E-state index contributed by atoms with van der Waals surface area (Å²) in [7, 11) is 0. The number of rotatable bonds is 8. The van der Waals surface area contributed by atoms with Gasteiger partial charge in [0.05, 0.1) is 18.1 Å². The van der Waals surface area contributed by atoms with E-state index in [1.165, 1.54) is 18.3 Å². The van der Waals surface area contributed by atoms with Gasteiger partial charge in [-0.25, -0.2) is 4.98 Å². The number of carbonyl (C=O) groups is 1. The van der Waals surface area contributed by atoms with Crippen LogP contribution in [0.15, 0.2) is 71.9 Å². The van der Waals surface area contributed by atoms with Gasteiger partial charge < -0.3 is 10.1 Å². The van der Waals surface area contributed by atoms with Gasteiger partial charge in [0.25, 0.3) is 11.7 Å². The number of benzene rings is 2. The lowest BCUT2D eigenvalue weighted by Crippen LogP contribution is -2.14. The number of thioether (sulfide) groups is 1. The molecule has 3 aromatic rings. The van der Waals surface area contributed by atoms with E-state index in [4.69, 9.17) is 10.00 Å². The molecule has 1 amide bonds. The van der Waals surface area contributed by atoms with Gasteiger partial charge in [0.15, 0.2) is 0 Å². The van der Waals surface area contributed by atoms with E-state index < -0.39 is 11.7 Å². The molecule has 0 aliphatic carbocycles. The van der Waals surface area contributed by atoms with Crippen LogP contribution in [0.1, 0.15) is 21.5 Å². The number of nitrogens with zero attached hydrogens (tertiary/aromatic N) is 2. The monoisotopic (exact) mass is 425 g/mol. The summed E-state index contributed by atoms with van der Waals surface area (Å²) in [6.07, 6.45) is 1.71. The molecule has 0 saturated heterocycles. The number of pyridine rings is 1. The summed E-state index contributed by atoms with van der Waals surface area (Å²) in [4.78, 5) is 16.4. The summed E-state index contributed by atoms with van der Waals surface area (Å²) in [6, 6.07) is 19.4. The molecule has 0 bridgehead atoms. The van der Waals surface area contributed by atoms with Crippen LogP contribution in [-0.2, 0) is 13.0 Å². The van der Waals surface area contributed by atoms with Crippen molar-refractivity contribution in [3.05, 3.63) is 83.6 Å². The van der Waals surface area contributed by atoms with E-state index >= 15 is 0 Å². The Labute approximate surface area is 176 Å². The molecule has 0 aliphatic heterocycles. The number of carbonyl (C=O) groups excluding carboxylic acids is 1. The molecule has 0 saturated carbocycles. The van der Waals surface area contributed by atoms with Gasteiger partial charge in [0.1, 0.15) is 17.4 Å². The predicted molar refractivity (Wildman–Crippen MR) is 111 cm³/mol. The molecule has 2 aromatic carbocycles. The zero-order valence-electron chi connectivity index (χ0n) is 15.7. The van der Waals surface area contributed by atoms with Crippen LogP contribution in [0.3, 0.4) is 0 Å². The van der Waals surface area contributed by atoms with Crippen molar-refractivity contribution >= 4 is 23.4 Å². The van der Waals surface area contributed by atoms with Crippen LogP contribution in [0, 0.1) is 11.3 Å². The van der Waals surface area contributed by atoms with Crippen molar-refractivity contribution in [2.45, 2.75) is 23.8 Å². The van der Waals surface area contributed by atoms with E-state index in [9.17, 15) is 13.6 Å². The lowest BCUT2D eigenvalue weighted by molar-refractivity contribution is 0.102. The van der Waals surface area contributed by atoms with Gasteiger partial charge in [-0.05, 0) is 59.3 Å². The molecule has 0 aliphatic rings. The van der Waals surface area contributed by atoms with Crippen molar-refractivity contribution in [3.63, 3.8) is 0 Å². The minimum atomic E-state index is -2.67. The Kier molecular flexibility index (Phi) is 7.35. The van der Waals surface area contributed by atoms with Crippen LogP contribution in [0.4, 0.5) is 14.5 Å². The maximum atomic E-state index is 12.7. The van der Waals surface area contributed by atoms with Gasteiger partial charge in [0.2, 0.25) is 0 Å². The molecular weight excluding hydrogens is 408 g/mol. The largest absolute Gasteiger partial charge is 0.489 e. The lowest BCUT2D eigenvalue weighted by Gasteiger charge is -2.11. The lowest BCUT2D eigenvalue weighted by atomic mass is 10.1. The fraction of sp³-hybridized carbons (Fsp3) is 0.136. The quantitative estimate of drug-likeness (QED) is 0.496. The minimum Gasteiger partial charge on any atom is -0.489 e. The summed E-state index contributed by atoms with van der Waals surface area (Å²) in [5, 5.41) is 11.4. The van der Waals surface area contributed by atoms with Crippen molar-refractivity contribution in [1.82, 2.24) is 4.98 Å². The first-order valence-electron chi connectivity index (χ1n) is 8.94. The Hall–Kier alpha value is -3.44. The van der Waals surface area contributed by atoms with Crippen LogP contribution < -0.4 is 10.1 Å². The molecule has 30 heavy (non-hydrogen) atoms. The number of halogens is 2. The molecule has 0 radical (unpaired) electrons. The average molecular weight is 425 g/mol. The van der Waals surface area contributed by atoms with E-state index in [1.54, 1.807) is 30.3 Å². The topological polar surface area (TPSA) is 75.0 Å². The molecule has 5 nitrogen and oxygen atoms in total. The van der Waals surface area contributed by atoms with Gasteiger partial charge in [-0.1, -0.05) is 24.3 Å². The number of amides is 1. The molecule has 1 N–H and O–H groups in total. The molecule has 8 heteroatoms. The zero-order chi connectivity index (χ0) is 21.3. The van der Waals surface area contributed by atoms with Crippen LogP contribution in [0.25, 0.3) is 0 Å². The van der Waals surface area contributed by atoms with Crippen molar-refractivity contribution in [2.24, 2.45) is 0 Å². The summed E-state index contributed by atoms with van der Waals surface area (Å²) in [5.74, 6) is -2.52. The first kappa shape index (κ1) is 21.3. The number of nitrogens with one attached hydrogen (secondary N) is 1. The highest BCUT2D eigenvalue weighted by Gasteiger charge is 2.16. The maximum Gasteiger partial charge on any atom is 0.290 e. The predicted octanol–water partition coefficient (Wildman–Crippen LogP) is 5.29. The maximum absolute atomic E-state index is 12.7. The van der Waals surface area contributed by atoms with Crippen molar-refractivity contribution in [2.75, 3.05) is 5.32 Å². The fourth-order valence-corrected chi connectivity index (χ4v) is 3.22. The molecule has 0 atom stereocenters. The third kappa shape index (κ3) is 6.03. The normalized spacial score (nSPS) is 10.5. The Morgan fingerprint density at radius 1 is 1.13 bits per heavy atom. The third-order valence-corrected chi connectivity index (χ3v) is 4.74. The Morgan fingerprint density at radius 2 is 1.93 bits per heavy atom. The van der Waals surface area contributed by atoms with Gasteiger partial charge in [-0.3, -0.25) is 4.79 Å². The molecule has 1 aromatic heterocycles. The zero-order valence-corrected chi connectivity index (χ0v) is 16.5. The highest BCUT2D eigenvalue weighted by Crippen LogP contribution is 2.27. The third-order valence-electron chi connectivity index (χ3n) is 4.01. The summed E-state index contributed by atoms with van der Waals surface area (Å²) < 4.78 is 31.1. The SMILES string of the molecule is N#CCc1ccc(OCc2cccc(NC(=O)c3cccnc3SC(F)F)c2)cc1. The summed E-state index contributed by atoms with van der Waals surface area (Å²) >= 11 is 0.234. The van der Waals surface area contributed by atoms with Crippen LogP contribution in [0.2, 0.25) is 0 Å². The number of aromatic nitrogens is 1. The number of hydrogen-bond acceptors (Lipinski definition) is 5. The first-order chi connectivity index (χ1) is 14.5. The van der Waals surface area contributed by atoms with E-state index in [0.717, 1.165) is 11.1 Å². The van der Waals surface area contributed by atoms with E-state index in [2.05, 4.69) is 16.4 Å². The Bertz CT molecular complexity index is 1050. The van der Waals surface area contributed by atoms with Crippen molar-refractivity contribution in [3.8, 4) is 11.8 Å². The highest BCUT2D eigenvalue weighted by molar-refractivity contribution is 7.99. The second kappa shape index (κ2) is 10.4. The summed E-state index contributed by atoms with van der Waals surface area (Å²) in [6.45, 7) is 0.278. The highest BCUT2D eigenvalue weighted by atomic mass is 32.2. The average Bonchev–Trinajstić information content (AvgIpc) is 2.74. The molecule has 0 fully saturated rings. The van der Waals surface area contributed by atoms with Gasteiger partial charge >= 0.3 is 0 Å². The summed E-state index contributed by atoms with van der Waals surface area (Å²) in [5.41, 5.74) is 2.33. The molecule has 1 heterocycles. The van der Waals surface area contributed by atoms with Crippen LogP contribution in [0.5, 0.6) is 5.75 Å². The number of ether oxygens (including phenoxy) is 1. The fourth-order valence-electron chi connectivity index (χ4n) is 2.64. The molecule has 152 valence electrons. The number of nitriles is 1. The smallest absolute Gasteiger partial charge is 0.290 e. The Morgan fingerprint density at radius 3 is 2.67 bits per heavy atom. The van der Waals surface area contributed by atoms with Crippen LogP contribution >= 0.6 is 11.8 Å². The van der Waals surface area contributed by atoms with Gasteiger partial charge in [-0.15, -0.1) is 0 Å². The molecule has 0 spiro atoms. The number of hydrogen-bond donors (Lipinski definition) is 1. The standard InChI is InChI=1S/C22H17F2N3O2S/c23-22(24)30-21-19(5-2-12-26-21)20(28)27-17-4-1-3-16(13-17)14-29-18-8-6-15(7-9-18)10-11-25/h1-9,12-13,22H,10,14H2,(H,27,28).